The molecule has 0 spiro atoms. The molecule has 1 aromatic heterocycles. The van der Waals surface area contributed by atoms with E-state index in [2.05, 4.69) is 4.98 Å². The largest absolute Gasteiger partial charge is 0.617 e. The molecule has 0 radical (unpaired) electrons. The molecule has 0 aliphatic carbocycles. The molecule has 22 heavy (non-hydrogen) atoms. The van der Waals surface area contributed by atoms with Gasteiger partial charge in [0, 0.05) is 12.3 Å². The molecule has 118 valence electrons. The Kier molecular flexibility index (Phi) is 4.46. The summed E-state index contributed by atoms with van der Waals surface area (Å²) in [7, 11) is -4.03. The number of hydrogen-bond acceptors (Lipinski definition) is 6. The maximum absolute atomic E-state index is 12.4. The van der Waals surface area contributed by atoms with Crippen LogP contribution in [0.25, 0.3) is 11.0 Å². The van der Waals surface area contributed by atoms with Crippen LogP contribution in [-0.2, 0) is 14.6 Å². The Morgan fingerprint density at radius 2 is 1.95 bits per heavy atom. The zero-order chi connectivity index (χ0) is 16.7. The Hall–Kier alpha value is -1.64. The predicted molar refractivity (Wildman–Crippen MR) is 79.8 cm³/mol. The van der Waals surface area contributed by atoms with Crippen molar-refractivity contribution < 1.29 is 22.7 Å². The van der Waals surface area contributed by atoms with Crippen molar-refractivity contribution in [3.63, 3.8) is 0 Å². The predicted octanol–water partition coefficient (Wildman–Crippen LogP) is 1.76. The van der Waals surface area contributed by atoms with Crippen molar-refractivity contribution in [3.05, 3.63) is 33.1 Å². The van der Waals surface area contributed by atoms with Crippen LogP contribution in [0.3, 0.4) is 0 Å². The standard InChI is InChI=1S/C12H10Cl2N2O5S/c1-3-21-12(17)10-11(22(2,19)20)16(18)9-5-7(14)6(13)4-8(9)15-10/h4-5H,3H2,1-2H3. The van der Waals surface area contributed by atoms with Gasteiger partial charge in [-0.2, -0.15) is 4.73 Å². The van der Waals surface area contributed by atoms with Crippen LogP contribution in [0, 0.1) is 5.21 Å². The first-order valence-electron chi connectivity index (χ1n) is 5.96. The number of rotatable bonds is 3. The first-order chi connectivity index (χ1) is 10.2. The van der Waals surface area contributed by atoms with Crippen LogP contribution in [0.1, 0.15) is 17.4 Å². The number of esters is 1. The molecule has 0 atom stereocenters. The lowest BCUT2D eigenvalue weighted by molar-refractivity contribution is -0.620. The minimum atomic E-state index is -4.03. The van der Waals surface area contributed by atoms with E-state index in [9.17, 15) is 18.4 Å². The average molecular weight is 365 g/mol. The Morgan fingerprint density at radius 3 is 2.50 bits per heavy atom. The highest BCUT2D eigenvalue weighted by Gasteiger charge is 2.33. The van der Waals surface area contributed by atoms with Crippen LogP contribution in [0.4, 0.5) is 0 Å². The molecule has 0 fully saturated rings. The van der Waals surface area contributed by atoms with Gasteiger partial charge in [-0.15, -0.1) is 0 Å². The number of halogens is 2. The molecule has 10 heteroatoms. The second-order valence-corrected chi connectivity index (χ2v) is 7.05. The molecule has 0 aliphatic rings. The van der Waals surface area contributed by atoms with Crippen LogP contribution in [0.5, 0.6) is 0 Å². The molecule has 1 aromatic carbocycles. The molecule has 2 rings (SSSR count). The van der Waals surface area contributed by atoms with E-state index in [1.165, 1.54) is 12.1 Å². The summed E-state index contributed by atoms with van der Waals surface area (Å²) in [5, 5.41) is 11.7. The van der Waals surface area contributed by atoms with Gasteiger partial charge in [-0.3, -0.25) is 0 Å². The van der Waals surface area contributed by atoms with Crippen LogP contribution in [0.15, 0.2) is 17.2 Å². The van der Waals surface area contributed by atoms with E-state index in [0.717, 1.165) is 6.26 Å². The Bertz CT molecular complexity index is 883. The molecule has 0 unspecified atom stereocenters. The van der Waals surface area contributed by atoms with Gasteiger partial charge in [0.05, 0.1) is 16.7 Å². The average Bonchev–Trinajstić information content (AvgIpc) is 2.39. The van der Waals surface area contributed by atoms with E-state index in [1.807, 2.05) is 0 Å². The van der Waals surface area contributed by atoms with Crippen molar-refractivity contribution in [1.82, 2.24) is 4.98 Å². The van der Waals surface area contributed by atoms with Gasteiger partial charge in [-0.05, 0) is 13.0 Å². The minimum Gasteiger partial charge on any atom is -0.617 e. The molecule has 0 saturated carbocycles. The van der Waals surface area contributed by atoms with E-state index in [0.29, 0.717) is 0 Å². The van der Waals surface area contributed by atoms with Crippen LogP contribution < -0.4 is 4.73 Å². The second kappa shape index (κ2) is 5.86. The third-order valence-corrected chi connectivity index (χ3v) is 4.46. The van der Waals surface area contributed by atoms with Crippen molar-refractivity contribution in [1.29, 1.82) is 0 Å². The number of ether oxygens (including phenoxy) is 1. The van der Waals surface area contributed by atoms with Crippen LogP contribution in [-0.4, -0.2) is 32.2 Å². The summed E-state index contributed by atoms with van der Waals surface area (Å²) in [5.74, 6) is -1.01. The number of hydrogen-bond donors (Lipinski definition) is 0. The molecule has 1 heterocycles. The molecule has 0 aliphatic heterocycles. The third kappa shape index (κ3) is 2.94. The van der Waals surface area contributed by atoms with E-state index < -0.39 is 26.5 Å². The molecule has 2 aromatic rings. The summed E-state index contributed by atoms with van der Waals surface area (Å²) in [4.78, 5) is 15.8. The molecule has 0 amide bonds. The second-order valence-electron chi connectivity index (χ2n) is 4.31. The number of aromatic nitrogens is 2. The first kappa shape index (κ1) is 16.7. The number of fused-ring (bicyclic) bond motifs is 1. The molecule has 0 saturated heterocycles. The van der Waals surface area contributed by atoms with Gasteiger partial charge < -0.3 is 9.94 Å². The molecule has 0 bridgehead atoms. The Labute approximate surface area is 135 Å². The summed E-state index contributed by atoms with van der Waals surface area (Å²) >= 11 is 11.7. The summed E-state index contributed by atoms with van der Waals surface area (Å²) < 4.78 is 28.5. The number of nitrogens with zero attached hydrogens (tertiary/aromatic N) is 2. The number of benzene rings is 1. The van der Waals surface area contributed by atoms with Gasteiger partial charge in [0.15, 0.2) is 0 Å². The Balaban J connectivity index is 2.94. The SMILES string of the molecule is CCOC(=O)c1nc2cc(Cl)c(Cl)cc2[n+]([O-])c1S(C)(=O)=O. The van der Waals surface area contributed by atoms with Crippen molar-refractivity contribution in [2.24, 2.45) is 0 Å². The van der Waals surface area contributed by atoms with Gasteiger partial charge in [-0.1, -0.05) is 23.2 Å². The number of carbonyl (C=O) groups is 1. The first-order valence-corrected chi connectivity index (χ1v) is 8.61. The van der Waals surface area contributed by atoms with Crippen LogP contribution in [0.2, 0.25) is 10.0 Å². The fourth-order valence-corrected chi connectivity index (χ4v) is 3.01. The fraction of sp³-hybridized carbons (Fsp3) is 0.250. The number of sulfone groups is 1. The summed E-state index contributed by atoms with van der Waals surface area (Å²) in [5.41, 5.74) is -0.687. The van der Waals surface area contributed by atoms with E-state index >= 15 is 0 Å². The summed E-state index contributed by atoms with van der Waals surface area (Å²) in [6.45, 7) is 1.54. The van der Waals surface area contributed by atoms with Gasteiger partial charge >= 0.3 is 11.0 Å². The van der Waals surface area contributed by atoms with Gasteiger partial charge in [-0.25, -0.2) is 18.2 Å². The monoisotopic (exact) mass is 364 g/mol. The lowest BCUT2D eigenvalue weighted by atomic mass is 10.3. The smallest absolute Gasteiger partial charge is 0.364 e. The quantitative estimate of drug-likeness (QED) is 0.467. The number of carbonyl (C=O) groups excluding carboxylic acids is 1. The molecular formula is C12H10Cl2N2O5S. The van der Waals surface area contributed by atoms with E-state index in [-0.39, 0.29) is 32.4 Å². The maximum atomic E-state index is 12.4. The molecule has 0 N–H and O–H groups in total. The highest BCUT2D eigenvalue weighted by atomic mass is 35.5. The normalized spacial score (nSPS) is 11.6. The van der Waals surface area contributed by atoms with E-state index in [4.69, 9.17) is 27.9 Å². The zero-order valence-corrected chi connectivity index (χ0v) is 13.8. The summed E-state index contributed by atoms with van der Waals surface area (Å²) in [6.07, 6.45) is 0.796. The van der Waals surface area contributed by atoms with Gasteiger partial charge in [0.1, 0.15) is 5.52 Å². The van der Waals surface area contributed by atoms with Crippen LogP contribution >= 0.6 is 23.2 Å². The van der Waals surface area contributed by atoms with Crippen molar-refractivity contribution >= 4 is 50.0 Å². The molecular weight excluding hydrogens is 355 g/mol. The van der Waals surface area contributed by atoms with E-state index in [1.54, 1.807) is 6.92 Å². The Morgan fingerprint density at radius 1 is 1.36 bits per heavy atom. The van der Waals surface area contributed by atoms with Gasteiger partial charge in [0.2, 0.25) is 21.0 Å². The fourth-order valence-electron chi connectivity index (χ4n) is 1.81. The zero-order valence-electron chi connectivity index (χ0n) is 11.5. The minimum absolute atomic E-state index is 0.00197. The van der Waals surface area contributed by atoms with Gasteiger partial charge in [0.25, 0.3) is 0 Å². The van der Waals surface area contributed by atoms with Crippen molar-refractivity contribution in [3.8, 4) is 0 Å². The summed E-state index contributed by atoms with van der Waals surface area (Å²) in [6, 6.07) is 2.45. The highest BCUT2D eigenvalue weighted by molar-refractivity contribution is 7.90. The molecule has 7 nitrogen and oxygen atoms in total. The third-order valence-electron chi connectivity index (χ3n) is 2.68. The highest BCUT2D eigenvalue weighted by Crippen LogP contribution is 2.26. The lowest BCUT2D eigenvalue weighted by Crippen LogP contribution is -2.38. The van der Waals surface area contributed by atoms with Crippen molar-refractivity contribution in [2.45, 2.75) is 11.9 Å². The maximum Gasteiger partial charge on any atom is 0.364 e. The van der Waals surface area contributed by atoms with Crippen molar-refractivity contribution in [2.75, 3.05) is 12.9 Å². The lowest BCUT2D eigenvalue weighted by Gasteiger charge is -2.10. The topological polar surface area (TPSA) is 100 Å².